The van der Waals surface area contributed by atoms with Crippen molar-refractivity contribution in [1.82, 2.24) is 0 Å². The molecule has 0 aliphatic rings. The van der Waals surface area contributed by atoms with E-state index in [-0.39, 0.29) is 28.7 Å². The van der Waals surface area contributed by atoms with Crippen LogP contribution in [0.4, 0.5) is 13.2 Å². The first-order chi connectivity index (χ1) is 13.7. The molecule has 0 fully saturated rings. The summed E-state index contributed by atoms with van der Waals surface area (Å²) in [6.45, 7) is 1.29. The van der Waals surface area contributed by atoms with E-state index in [2.05, 4.69) is 4.74 Å². The number of ether oxygens (including phenoxy) is 1. The zero-order valence-corrected chi connectivity index (χ0v) is 15.2. The molecule has 0 saturated heterocycles. The van der Waals surface area contributed by atoms with Gasteiger partial charge < -0.3 is 9.15 Å². The molecule has 1 atom stereocenters. The van der Waals surface area contributed by atoms with E-state index in [9.17, 15) is 27.6 Å². The van der Waals surface area contributed by atoms with Crippen molar-refractivity contribution in [2.24, 2.45) is 0 Å². The van der Waals surface area contributed by atoms with Crippen molar-refractivity contribution >= 4 is 22.7 Å². The van der Waals surface area contributed by atoms with E-state index in [1.54, 1.807) is 30.3 Å². The number of Topliss-reactive ketones (excluding diaryl/α,β-unsaturated/α-hetero) is 1. The number of para-hydroxylation sites is 1. The number of carbonyl (C=O) groups is 2. The molecule has 8 heteroatoms. The number of halogens is 3. The van der Waals surface area contributed by atoms with Crippen molar-refractivity contribution < 1.29 is 31.9 Å². The number of hydrogen-bond donors (Lipinski definition) is 0. The lowest BCUT2D eigenvalue weighted by Gasteiger charge is -2.20. The van der Waals surface area contributed by atoms with Crippen molar-refractivity contribution in [2.45, 2.75) is 25.4 Å². The van der Waals surface area contributed by atoms with Gasteiger partial charge in [0.2, 0.25) is 0 Å². The minimum Gasteiger partial charge on any atom is -0.422 e. The second kappa shape index (κ2) is 7.90. The van der Waals surface area contributed by atoms with Gasteiger partial charge in [0.15, 0.2) is 5.75 Å². The number of rotatable bonds is 5. The van der Waals surface area contributed by atoms with Crippen LogP contribution in [0.1, 0.15) is 30.4 Å². The molecule has 0 saturated carbocycles. The molecule has 0 amide bonds. The highest BCUT2D eigenvalue weighted by Gasteiger charge is 2.42. The molecule has 0 aliphatic heterocycles. The summed E-state index contributed by atoms with van der Waals surface area (Å²) in [5.41, 5.74) is -0.845. The zero-order valence-electron chi connectivity index (χ0n) is 15.2. The van der Waals surface area contributed by atoms with Crippen LogP contribution in [0, 0.1) is 0 Å². The molecule has 0 spiro atoms. The van der Waals surface area contributed by atoms with Crippen LogP contribution in [0.3, 0.4) is 0 Å². The maximum absolute atomic E-state index is 12.9. The third-order valence-electron chi connectivity index (χ3n) is 4.27. The van der Waals surface area contributed by atoms with Gasteiger partial charge in [-0.2, -0.15) is 13.2 Å². The quantitative estimate of drug-likeness (QED) is 0.466. The number of hydrogen-bond acceptors (Lipinski definition) is 5. The second-order valence-corrected chi connectivity index (χ2v) is 6.39. The molecular formula is C21H15F3O5. The summed E-state index contributed by atoms with van der Waals surface area (Å²) in [7, 11) is 0. The van der Waals surface area contributed by atoms with E-state index in [0.29, 0.717) is 5.56 Å². The zero-order chi connectivity index (χ0) is 21.2. The van der Waals surface area contributed by atoms with Crippen molar-refractivity contribution in [3.05, 3.63) is 76.1 Å². The largest absolute Gasteiger partial charge is 0.491 e. The van der Waals surface area contributed by atoms with E-state index in [4.69, 9.17) is 4.42 Å². The van der Waals surface area contributed by atoms with Gasteiger partial charge in [-0.1, -0.05) is 42.5 Å². The topological polar surface area (TPSA) is 73.6 Å². The fourth-order valence-corrected chi connectivity index (χ4v) is 3.06. The number of alkyl halides is 3. The maximum Gasteiger partial charge on any atom is 0.491 e. The number of esters is 1. The normalized spacial score (nSPS) is 12.6. The summed E-state index contributed by atoms with van der Waals surface area (Å²) in [6, 6.07) is 14.0. The Labute approximate surface area is 162 Å². The van der Waals surface area contributed by atoms with Crippen LogP contribution < -0.4 is 10.4 Å². The molecule has 0 unspecified atom stereocenters. The van der Waals surface area contributed by atoms with Crippen molar-refractivity contribution in [1.29, 1.82) is 0 Å². The van der Waals surface area contributed by atoms with Gasteiger partial charge in [-0.05, 0) is 24.6 Å². The first-order valence-corrected chi connectivity index (χ1v) is 8.57. The Balaban J connectivity index is 2.31. The molecule has 1 heterocycles. The van der Waals surface area contributed by atoms with E-state index in [0.717, 1.165) is 0 Å². The van der Waals surface area contributed by atoms with Gasteiger partial charge in [-0.15, -0.1) is 0 Å². The minimum atomic E-state index is -5.27. The molecule has 3 rings (SSSR count). The highest BCUT2D eigenvalue weighted by molar-refractivity contribution is 5.89. The van der Waals surface area contributed by atoms with Gasteiger partial charge in [0, 0.05) is 12.3 Å². The Kier molecular flexibility index (Phi) is 5.54. The summed E-state index contributed by atoms with van der Waals surface area (Å²) in [4.78, 5) is 36.2. The summed E-state index contributed by atoms with van der Waals surface area (Å²) in [5, 5.41) is 0.0178. The molecule has 5 nitrogen and oxygen atoms in total. The molecular weight excluding hydrogens is 389 g/mol. The first kappa shape index (κ1) is 20.3. The van der Waals surface area contributed by atoms with Crippen LogP contribution in [-0.4, -0.2) is 17.9 Å². The van der Waals surface area contributed by atoms with Crippen molar-refractivity contribution in [2.75, 3.05) is 0 Å². The lowest BCUT2D eigenvalue weighted by molar-refractivity contribution is -0.189. The molecule has 0 bridgehead atoms. The Bertz CT molecular complexity index is 1120. The summed E-state index contributed by atoms with van der Waals surface area (Å²) < 4.78 is 48.5. The van der Waals surface area contributed by atoms with E-state index < -0.39 is 29.4 Å². The third kappa shape index (κ3) is 4.37. The van der Waals surface area contributed by atoms with Crippen LogP contribution in [-0.2, 0) is 9.59 Å². The predicted octanol–water partition coefficient (Wildman–Crippen LogP) is 4.37. The summed E-state index contributed by atoms with van der Waals surface area (Å²) in [5.74, 6) is -4.29. The molecule has 29 heavy (non-hydrogen) atoms. The van der Waals surface area contributed by atoms with Crippen LogP contribution >= 0.6 is 0 Å². The number of carbonyl (C=O) groups excluding carboxylic acids is 2. The standard InChI is InChI=1S/C21H15F3O5/c1-12(25)11-15(13-7-3-2-4-8-13)17-18(29-20(27)21(22,23)24)14-9-5-6-10-16(14)28-19(17)26/h2-10,15H,11H2,1H3/t15-/m1/s1. The van der Waals surface area contributed by atoms with Gasteiger partial charge in [0.25, 0.3) is 0 Å². The van der Waals surface area contributed by atoms with Crippen LogP contribution in [0.15, 0.2) is 63.8 Å². The van der Waals surface area contributed by atoms with Crippen LogP contribution in [0.5, 0.6) is 5.75 Å². The monoisotopic (exact) mass is 404 g/mol. The van der Waals surface area contributed by atoms with Crippen LogP contribution in [0.2, 0.25) is 0 Å². The van der Waals surface area contributed by atoms with Gasteiger partial charge in [-0.25, -0.2) is 9.59 Å². The SMILES string of the molecule is CC(=O)C[C@H](c1ccccc1)c1c(OC(=O)C(F)(F)F)c2ccccc2oc1=O. The highest BCUT2D eigenvalue weighted by Crippen LogP contribution is 2.38. The molecule has 1 aromatic heterocycles. The lowest BCUT2D eigenvalue weighted by Crippen LogP contribution is -2.29. The second-order valence-electron chi connectivity index (χ2n) is 6.39. The molecule has 150 valence electrons. The number of fused-ring (bicyclic) bond motifs is 1. The third-order valence-corrected chi connectivity index (χ3v) is 4.27. The van der Waals surface area contributed by atoms with Crippen LogP contribution in [0.25, 0.3) is 11.0 Å². The van der Waals surface area contributed by atoms with Gasteiger partial charge in [0.05, 0.1) is 10.9 Å². The Morgan fingerprint density at radius 2 is 1.66 bits per heavy atom. The van der Waals surface area contributed by atoms with E-state index in [1.165, 1.54) is 31.2 Å². The fraction of sp³-hybridized carbons (Fsp3) is 0.190. The molecule has 0 radical (unpaired) electrons. The van der Waals surface area contributed by atoms with E-state index >= 15 is 0 Å². The Hall–Kier alpha value is -3.42. The van der Waals surface area contributed by atoms with Gasteiger partial charge >= 0.3 is 17.8 Å². The molecule has 3 aromatic rings. The number of ketones is 1. The average Bonchev–Trinajstić information content (AvgIpc) is 2.66. The van der Waals surface area contributed by atoms with Crippen molar-refractivity contribution in [3.63, 3.8) is 0 Å². The lowest BCUT2D eigenvalue weighted by atomic mass is 9.87. The number of benzene rings is 2. The average molecular weight is 404 g/mol. The molecule has 0 aliphatic carbocycles. The van der Waals surface area contributed by atoms with Crippen molar-refractivity contribution in [3.8, 4) is 5.75 Å². The fourth-order valence-electron chi connectivity index (χ4n) is 3.06. The minimum absolute atomic E-state index is 0.0178. The summed E-state index contributed by atoms with van der Waals surface area (Å²) >= 11 is 0. The van der Waals surface area contributed by atoms with Gasteiger partial charge in [-0.3, -0.25) is 4.79 Å². The maximum atomic E-state index is 12.9. The Morgan fingerprint density at radius 3 is 2.28 bits per heavy atom. The Morgan fingerprint density at radius 1 is 1.03 bits per heavy atom. The predicted molar refractivity (Wildman–Crippen MR) is 97.8 cm³/mol. The van der Waals surface area contributed by atoms with E-state index in [1.807, 2.05) is 0 Å². The molecule has 2 aromatic carbocycles. The summed E-state index contributed by atoms with van der Waals surface area (Å²) in [6.07, 6.45) is -5.46. The smallest absolute Gasteiger partial charge is 0.422 e. The highest BCUT2D eigenvalue weighted by atomic mass is 19.4. The first-order valence-electron chi connectivity index (χ1n) is 8.57. The van der Waals surface area contributed by atoms with Gasteiger partial charge in [0.1, 0.15) is 11.4 Å². The molecule has 0 N–H and O–H groups in total.